The standard InChI is InChI=1S/C11H20O2/c1-2-13-8-11(7-12)6-9-3-4-10(11)5-9/h9-10,12H,2-8H2,1H3. The number of aliphatic hydroxyl groups is 1. The monoisotopic (exact) mass is 184 g/mol. The molecule has 2 bridgehead atoms. The molecule has 0 aromatic carbocycles. The third-order valence-corrected chi connectivity index (χ3v) is 4.01. The fourth-order valence-electron chi connectivity index (χ4n) is 3.28. The van der Waals surface area contributed by atoms with Crippen molar-refractivity contribution in [2.45, 2.75) is 32.6 Å². The minimum absolute atomic E-state index is 0.138. The Morgan fingerprint density at radius 2 is 2.31 bits per heavy atom. The Kier molecular flexibility index (Phi) is 2.61. The van der Waals surface area contributed by atoms with Crippen molar-refractivity contribution in [1.29, 1.82) is 0 Å². The van der Waals surface area contributed by atoms with Gasteiger partial charge in [0.15, 0.2) is 0 Å². The second-order valence-electron chi connectivity index (χ2n) is 4.74. The fourth-order valence-corrected chi connectivity index (χ4v) is 3.28. The summed E-state index contributed by atoms with van der Waals surface area (Å²) in [5, 5.41) is 9.49. The van der Waals surface area contributed by atoms with E-state index in [2.05, 4.69) is 0 Å². The van der Waals surface area contributed by atoms with Crippen LogP contribution in [0.1, 0.15) is 32.6 Å². The number of hydrogen-bond acceptors (Lipinski definition) is 2. The number of ether oxygens (including phenoxy) is 1. The number of aliphatic hydroxyl groups excluding tert-OH is 1. The average Bonchev–Trinajstić information content (AvgIpc) is 2.74. The zero-order chi connectivity index (χ0) is 9.31. The molecule has 3 atom stereocenters. The van der Waals surface area contributed by atoms with Crippen LogP contribution >= 0.6 is 0 Å². The highest BCUT2D eigenvalue weighted by molar-refractivity contribution is 5.00. The Hall–Kier alpha value is -0.0800. The summed E-state index contributed by atoms with van der Waals surface area (Å²) in [5.74, 6) is 1.63. The molecule has 2 saturated carbocycles. The normalized spacial score (nSPS) is 42.9. The van der Waals surface area contributed by atoms with Crippen molar-refractivity contribution in [1.82, 2.24) is 0 Å². The molecule has 76 valence electrons. The Morgan fingerprint density at radius 3 is 2.77 bits per heavy atom. The Labute approximate surface area is 80.3 Å². The molecule has 0 radical (unpaired) electrons. The Morgan fingerprint density at radius 1 is 1.46 bits per heavy atom. The molecular formula is C11H20O2. The molecule has 0 aromatic heterocycles. The van der Waals surface area contributed by atoms with E-state index in [9.17, 15) is 5.11 Å². The lowest BCUT2D eigenvalue weighted by Crippen LogP contribution is -2.36. The molecule has 2 rings (SSSR count). The van der Waals surface area contributed by atoms with Crippen LogP contribution in [0.3, 0.4) is 0 Å². The molecule has 2 aliphatic carbocycles. The highest BCUT2D eigenvalue weighted by Gasteiger charge is 2.50. The highest BCUT2D eigenvalue weighted by Crippen LogP contribution is 2.55. The van der Waals surface area contributed by atoms with Gasteiger partial charge in [-0.3, -0.25) is 0 Å². The minimum atomic E-state index is 0.138. The highest BCUT2D eigenvalue weighted by atomic mass is 16.5. The molecule has 2 heteroatoms. The van der Waals surface area contributed by atoms with Gasteiger partial charge >= 0.3 is 0 Å². The van der Waals surface area contributed by atoms with Crippen LogP contribution in [-0.4, -0.2) is 24.9 Å². The second kappa shape index (κ2) is 3.58. The first-order valence-corrected chi connectivity index (χ1v) is 5.49. The SMILES string of the molecule is CCOCC1(CO)CC2CCC1C2. The smallest absolute Gasteiger partial charge is 0.0547 e. The van der Waals surface area contributed by atoms with Gasteiger partial charge in [0.05, 0.1) is 13.2 Å². The first-order chi connectivity index (χ1) is 6.30. The lowest BCUT2D eigenvalue weighted by Gasteiger charge is -2.35. The molecule has 1 N–H and O–H groups in total. The Balaban J connectivity index is 1.99. The van der Waals surface area contributed by atoms with Crippen molar-refractivity contribution in [2.75, 3.05) is 19.8 Å². The van der Waals surface area contributed by atoms with Crippen LogP contribution in [0.2, 0.25) is 0 Å². The van der Waals surface area contributed by atoms with Crippen molar-refractivity contribution >= 4 is 0 Å². The number of fused-ring (bicyclic) bond motifs is 2. The van der Waals surface area contributed by atoms with Crippen LogP contribution in [0.5, 0.6) is 0 Å². The van der Waals surface area contributed by atoms with Gasteiger partial charge in [-0.2, -0.15) is 0 Å². The third kappa shape index (κ3) is 1.50. The molecule has 0 spiro atoms. The van der Waals surface area contributed by atoms with Gasteiger partial charge in [0, 0.05) is 12.0 Å². The molecule has 2 fully saturated rings. The lowest BCUT2D eigenvalue weighted by molar-refractivity contribution is -0.0243. The zero-order valence-electron chi connectivity index (χ0n) is 8.46. The minimum Gasteiger partial charge on any atom is -0.396 e. The summed E-state index contributed by atoms with van der Waals surface area (Å²) in [4.78, 5) is 0. The topological polar surface area (TPSA) is 29.5 Å². The van der Waals surface area contributed by atoms with E-state index in [4.69, 9.17) is 4.74 Å². The molecule has 2 nitrogen and oxygen atoms in total. The van der Waals surface area contributed by atoms with Crippen LogP contribution in [-0.2, 0) is 4.74 Å². The maximum Gasteiger partial charge on any atom is 0.0547 e. The largest absolute Gasteiger partial charge is 0.396 e. The quantitative estimate of drug-likeness (QED) is 0.722. The summed E-state index contributed by atoms with van der Waals surface area (Å²) in [5.41, 5.74) is 0.138. The lowest BCUT2D eigenvalue weighted by atomic mass is 9.74. The van der Waals surface area contributed by atoms with E-state index in [0.717, 1.165) is 25.0 Å². The molecule has 0 heterocycles. The fraction of sp³-hybridized carbons (Fsp3) is 1.00. The van der Waals surface area contributed by atoms with Crippen LogP contribution in [0.25, 0.3) is 0 Å². The second-order valence-corrected chi connectivity index (χ2v) is 4.74. The molecule has 13 heavy (non-hydrogen) atoms. The van der Waals surface area contributed by atoms with Gasteiger partial charge < -0.3 is 9.84 Å². The maximum absolute atomic E-state index is 9.49. The van der Waals surface area contributed by atoms with Crippen LogP contribution in [0.4, 0.5) is 0 Å². The molecule has 0 saturated heterocycles. The Bertz CT molecular complexity index is 181. The van der Waals surface area contributed by atoms with E-state index in [-0.39, 0.29) is 5.41 Å². The van der Waals surface area contributed by atoms with Gasteiger partial charge in [0.1, 0.15) is 0 Å². The van der Waals surface area contributed by atoms with Gasteiger partial charge in [0.25, 0.3) is 0 Å². The summed E-state index contributed by atoms with van der Waals surface area (Å²) < 4.78 is 5.50. The van der Waals surface area contributed by atoms with E-state index in [0.29, 0.717) is 6.61 Å². The zero-order valence-corrected chi connectivity index (χ0v) is 8.46. The molecule has 0 aromatic rings. The predicted molar refractivity (Wildman–Crippen MR) is 51.5 cm³/mol. The van der Waals surface area contributed by atoms with Gasteiger partial charge in [-0.15, -0.1) is 0 Å². The summed E-state index contributed by atoms with van der Waals surface area (Å²) in [6, 6.07) is 0. The number of rotatable bonds is 4. The first kappa shape index (κ1) is 9.47. The van der Waals surface area contributed by atoms with E-state index in [1.807, 2.05) is 6.92 Å². The molecule has 3 unspecified atom stereocenters. The van der Waals surface area contributed by atoms with Crippen molar-refractivity contribution < 1.29 is 9.84 Å². The molecule has 2 aliphatic rings. The van der Waals surface area contributed by atoms with Gasteiger partial charge in [-0.05, 0) is 38.0 Å². The maximum atomic E-state index is 9.49. The van der Waals surface area contributed by atoms with Crippen LogP contribution in [0, 0.1) is 17.3 Å². The average molecular weight is 184 g/mol. The van der Waals surface area contributed by atoms with Gasteiger partial charge in [0.2, 0.25) is 0 Å². The summed E-state index contributed by atoms with van der Waals surface area (Å²) >= 11 is 0. The molecule has 0 amide bonds. The van der Waals surface area contributed by atoms with Crippen molar-refractivity contribution in [2.24, 2.45) is 17.3 Å². The van der Waals surface area contributed by atoms with E-state index >= 15 is 0 Å². The van der Waals surface area contributed by atoms with Crippen LogP contribution in [0.15, 0.2) is 0 Å². The summed E-state index contributed by atoms with van der Waals surface area (Å²) in [7, 11) is 0. The molecule has 0 aliphatic heterocycles. The summed E-state index contributed by atoms with van der Waals surface area (Å²) in [6.07, 6.45) is 5.25. The predicted octanol–water partition coefficient (Wildman–Crippen LogP) is 1.82. The third-order valence-electron chi connectivity index (χ3n) is 4.01. The van der Waals surface area contributed by atoms with E-state index in [1.54, 1.807) is 0 Å². The first-order valence-electron chi connectivity index (χ1n) is 5.49. The van der Waals surface area contributed by atoms with E-state index < -0.39 is 0 Å². The van der Waals surface area contributed by atoms with E-state index in [1.165, 1.54) is 25.7 Å². The van der Waals surface area contributed by atoms with Crippen molar-refractivity contribution in [3.05, 3.63) is 0 Å². The van der Waals surface area contributed by atoms with Crippen molar-refractivity contribution in [3.63, 3.8) is 0 Å². The molecular weight excluding hydrogens is 164 g/mol. The van der Waals surface area contributed by atoms with Crippen LogP contribution < -0.4 is 0 Å². The van der Waals surface area contributed by atoms with Gasteiger partial charge in [-0.25, -0.2) is 0 Å². The van der Waals surface area contributed by atoms with Gasteiger partial charge in [-0.1, -0.05) is 6.42 Å². The van der Waals surface area contributed by atoms with Crippen molar-refractivity contribution in [3.8, 4) is 0 Å². The summed E-state index contributed by atoms with van der Waals surface area (Å²) in [6.45, 7) is 3.91. The number of hydrogen-bond donors (Lipinski definition) is 1.